The van der Waals surface area contributed by atoms with Crippen molar-refractivity contribution in [2.45, 2.75) is 13.8 Å². The van der Waals surface area contributed by atoms with Crippen molar-refractivity contribution in [2.24, 2.45) is 11.7 Å². The van der Waals surface area contributed by atoms with Crippen LogP contribution in [0.1, 0.15) is 13.8 Å². The second-order valence-electron chi connectivity index (χ2n) is 4.57. The van der Waals surface area contributed by atoms with Gasteiger partial charge in [-0.1, -0.05) is 25.4 Å². The topological polar surface area (TPSA) is 72.3 Å². The summed E-state index contributed by atoms with van der Waals surface area (Å²) in [7, 11) is 0. The lowest BCUT2D eigenvalue weighted by Gasteiger charge is -2.26. The first kappa shape index (κ1) is 14.6. The Balaban J connectivity index is 3.11. The number of carbonyl (C=O) groups excluding carboxylic acids is 1. The molecule has 0 unspecified atom stereocenters. The van der Waals surface area contributed by atoms with Crippen molar-refractivity contribution >= 4 is 28.9 Å². The molecule has 1 rings (SSSR count). The Labute approximate surface area is 111 Å². The Morgan fingerprint density at radius 1 is 1.50 bits per heavy atom. The number of amides is 1. The summed E-state index contributed by atoms with van der Waals surface area (Å²) in [6.07, 6.45) is 0. The van der Waals surface area contributed by atoms with Gasteiger partial charge in [0.25, 0.3) is 0 Å². The fraction of sp³-hybridized carbons (Fsp3) is 0.417. The lowest BCUT2D eigenvalue weighted by atomic mass is 10.1. The lowest BCUT2D eigenvalue weighted by Crippen LogP contribution is -2.36. The molecule has 0 aliphatic heterocycles. The van der Waals surface area contributed by atoms with Crippen LogP contribution in [0.15, 0.2) is 12.1 Å². The molecule has 1 amide bonds. The maximum absolute atomic E-state index is 13.5. The summed E-state index contributed by atoms with van der Waals surface area (Å²) in [4.78, 5) is 12.7. The smallest absolute Gasteiger partial charge is 0.236 e. The number of hydrogen-bond acceptors (Lipinski definition) is 3. The van der Waals surface area contributed by atoms with Crippen molar-refractivity contribution in [2.75, 3.05) is 23.7 Å². The molecule has 1 aromatic rings. The summed E-state index contributed by atoms with van der Waals surface area (Å²) in [6, 6.07) is 2.56. The number of carbonyl (C=O) groups is 1. The number of benzene rings is 1. The molecule has 4 nitrogen and oxygen atoms in total. The van der Waals surface area contributed by atoms with Gasteiger partial charge in [-0.05, 0) is 12.0 Å². The Morgan fingerprint density at radius 2 is 2.11 bits per heavy atom. The van der Waals surface area contributed by atoms with Gasteiger partial charge in [-0.2, -0.15) is 0 Å². The van der Waals surface area contributed by atoms with Crippen molar-refractivity contribution in [1.82, 2.24) is 0 Å². The van der Waals surface area contributed by atoms with Gasteiger partial charge in [0, 0.05) is 12.6 Å². The predicted molar refractivity (Wildman–Crippen MR) is 72.1 cm³/mol. The third-order valence-corrected chi connectivity index (χ3v) is 2.63. The number of nitrogen functional groups attached to an aromatic ring is 1. The Kier molecular flexibility index (Phi) is 4.78. The minimum atomic E-state index is -0.570. The molecule has 100 valence electrons. The van der Waals surface area contributed by atoms with E-state index in [9.17, 15) is 9.18 Å². The van der Waals surface area contributed by atoms with Crippen LogP contribution in [0.4, 0.5) is 15.8 Å². The second-order valence-corrected chi connectivity index (χ2v) is 4.97. The van der Waals surface area contributed by atoms with E-state index in [0.29, 0.717) is 17.9 Å². The monoisotopic (exact) mass is 273 g/mol. The van der Waals surface area contributed by atoms with Crippen molar-refractivity contribution in [1.29, 1.82) is 0 Å². The van der Waals surface area contributed by atoms with Crippen molar-refractivity contribution in [3.05, 3.63) is 23.0 Å². The zero-order valence-electron chi connectivity index (χ0n) is 10.4. The molecule has 0 aliphatic carbocycles. The van der Waals surface area contributed by atoms with Crippen LogP contribution in [-0.2, 0) is 4.79 Å². The summed E-state index contributed by atoms with van der Waals surface area (Å²) in [5.74, 6) is -0.785. The molecule has 4 N–H and O–H groups in total. The molecule has 0 fully saturated rings. The summed E-state index contributed by atoms with van der Waals surface area (Å²) in [5.41, 5.74) is 11.7. The summed E-state index contributed by atoms with van der Waals surface area (Å²) < 4.78 is 13.5. The largest absolute Gasteiger partial charge is 0.397 e. The van der Waals surface area contributed by atoms with Crippen LogP contribution in [0.3, 0.4) is 0 Å². The highest BCUT2D eigenvalue weighted by atomic mass is 35.5. The molecule has 18 heavy (non-hydrogen) atoms. The minimum Gasteiger partial charge on any atom is -0.397 e. The van der Waals surface area contributed by atoms with Crippen molar-refractivity contribution in [3.63, 3.8) is 0 Å². The first-order valence-corrected chi connectivity index (χ1v) is 5.96. The van der Waals surface area contributed by atoms with Crippen LogP contribution in [0.25, 0.3) is 0 Å². The summed E-state index contributed by atoms with van der Waals surface area (Å²) >= 11 is 5.64. The second kappa shape index (κ2) is 5.91. The highest BCUT2D eigenvalue weighted by Gasteiger charge is 2.16. The van der Waals surface area contributed by atoms with E-state index in [-0.39, 0.29) is 17.5 Å². The normalized spacial score (nSPS) is 10.7. The van der Waals surface area contributed by atoms with Crippen LogP contribution in [0.5, 0.6) is 0 Å². The van der Waals surface area contributed by atoms with Gasteiger partial charge in [0.15, 0.2) is 0 Å². The fourth-order valence-corrected chi connectivity index (χ4v) is 1.87. The van der Waals surface area contributed by atoms with Crippen LogP contribution in [-0.4, -0.2) is 19.0 Å². The highest BCUT2D eigenvalue weighted by molar-refractivity contribution is 6.31. The number of halogens is 2. The van der Waals surface area contributed by atoms with Gasteiger partial charge in [0.2, 0.25) is 5.91 Å². The third kappa shape index (κ3) is 3.77. The molecule has 0 spiro atoms. The van der Waals surface area contributed by atoms with Gasteiger partial charge < -0.3 is 16.4 Å². The van der Waals surface area contributed by atoms with Crippen LogP contribution in [0, 0.1) is 11.7 Å². The Hall–Kier alpha value is -1.49. The zero-order chi connectivity index (χ0) is 13.9. The third-order valence-electron chi connectivity index (χ3n) is 2.34. The van der Waals surface area contributed by atoms with E-state index in [1.165, 1.54) is 12.1 Å². The summed E-state index contributed by atoms with van der Waals surface area (Å²) in [5, 5.41) is -0.0418. The molecule has 0 aliphatic rings. The first-order chi connectivity index (χ1) is 8.31. The summed E-state index contributed by atoms with van der Waals surface area (Å²) in [6.45, 7) is 4.50. The van der Waals surface area contributed by atoms with Crippen molar-refractivity contribution < 1.29 is 9.18 Å². The Bertz CT molecular complexity index is 451. The fourth-order valence-electron chi connectivity index (χ4n) is 1.70. The van der Waals surface area contributed by atoms with Gasteiger partial charge in [-0.25, -0.2) is 4.39 Å². The molecule has 0 heterocycles. The molecule has 0 atom stereocenters. The van der Waals surface area contributed by atoms with Gasteiger partial charge in [-0.15, -0.1) is 0 Å². The molecule has 0 aromatic heterocycles. The van der Waals surface area contributed by atoms with Gasteiger partial charge in [0.05, 0.1) is 22.9 Å². The van der Waals surface area contributed by atoms with Gasteiger partial charge >= 0.3 is 0 Å². The average molecular weight is 274 g/mol. The number of hydrogen-bond donors (Lipinski definition) is 2. The number of anilines is 2. The van der Waals surface area contributed by atoms with E-state index in [1.54, 1.807) is 4.90 Å². The zero-order valence-corrected chi connectivity index (χ0v) is 11.2. The van der Waals surface area contributed by atoms with E-state index in [1.807, 2.05) is 13.8 Å². The highest BCUT2D eigenvalue weighted by Crippen LogP contribution is 2.29. The minimum absolute atomic E-state index is 0.0105. The first-order valence-electron chi connectivity index (χ1n) is 5.59. The number of primary amides is 1. The van der Waals surface area contributed by atoms with E-state index >= 15 is 0 Å². The number of rotatable bonds is 5. The molecule has 0 saturated carbocycles. The van der Waals surface area contributed by atoms with E-state index < -0.39 is 11.7 Å². The van der Waals surface area contributed by atoms with Crippen LogP contribution in [0.2, 0.25) is 5.02 Å². The standard InChI is InChI=1S/C12H17ClFN3O/c1-7(2)5-17(6-12(16)18)11-4-9(14)8(13)3-10(11)15/h3-4,7H,5-6,15H2,1-2H3,(H2,16,18). The number of nitrogens with two attached hydrogens (primary N) is 2. The van der Waals surface area contributed by atoms with Gasteiger partial charge in [-0.3, -0.25) is 4.79 Å². The molecule has 0 radical (unpaired) electrons. The van der Waals surface area contributed by atoms with Crippen molar-refractivity contribution in [3.8, 4) is 0 Å². The molecule has 0 bridgehead atoms. The van der Waals surface area contributed by atoms with Crippen LogP contribution >= 0.6 is 11.6 Å². The molecular weight excluding hydrogens is 257 g/mol. The van der Waals surface area contributed by atoms with Gasteiger partial charge in [0.1, 0.15) is 5.82 Å². The maximum Gasteiger partial charge on any atom is 0.236 e. The average Bonchev–Trinajstić information content (AvgIpc) is 2.21. The van der Waals surface area contributed by atoms with Crippen LogP contribution < -0.4 is 16.4 Å². The number of nitrogens with zero attached hydrogens (tertiary/aromatic N) is 1. The predicted octanol–water partition coefficient (Wildman–Crippen LogP) is 2.01. The molecule has 0 saturated heterocycles. The lowest BCUT2D eigenvalue weighted by molar-refractivity contribution is -0.116. The van der Waals surface area contributed by atoms with E-state index in [2.05, 4.69) is 0 Å². The SMILES string of the molecule is CC(C)CN(CC(N)=O)c1cc(F)c(Cl)cc1N. The molecule has 1 aromatic carbocycles. The quantitative estimate of drug-likeness (QED) is 0.806. The van der Waals surface area contributed by atoms with E-state index in [4.69, 9.17) is 23.1 Å². The van der Waals surface area contributed by atoms with E-state index in [0.717, 1.165) is 0 Å². The molecular formula is C12H17ClFN3O. The molecule has 6 heteroatoms. The Morgan fingerprint density at radius 3 is 2.61 bits per heavy atom. The maximum atomic E-state index is 13.5.